The number of rotatable bonds is 6. The van der Waals surface area contributed by atoms with Crippen LogP contribution in [0.15, 0.2) is 0 Å². The largest absolute Gasteiger partial charge is 0.381 e. The fraction of sp³-hybridized carbons (Fsp3) is 1.00. The second kappa shape index (κ2) is 17.2. The number of nitrogens with zero attached hydrogens (tertiary/aromatic N) is 6. The van der Waals surface area contributed by atoms with Crippen molar-refractivity contribution in [3.63, 3.8) is 0 Å². The van der Waals surface area contributed by atoms with Gasteiger partial charge in [0.2, 0.25) is 0 Å². The van der Waals surface area contributed by atoms with Crippen LogP contribution in [0.1, 0.15) is 20.8 Å². The Balaban J connectivity index is 0.000000225. The van der Waals surface area contributed by atoms with E-state index in [0.717, 1.165) is 98.2 Å². The Kier molecular flexibility index (Phi) is 15.9. The molecule has 0 amide bonds. The second-order valence-electron chi connectivity index (χ2n) is 8.08. The zero-order valence-electron chi connectivity index (χ0n) is 19.8. The first-order valence-corrected chi connectivity index (χ1v) is 11.8. The van der Waals surface area contributed by atoms with Gasteiger partial charge in [-0.05, 0) is 19.6 Å². The molecular weight excluding hydrogens is 384 g/mol. The van der Waals surface area contributed by atoms with Gasteiger partial charge in [-0.1, -0.05) is 20.8 Å². The molecule has 180 valence electrons. The van der Waals surface area contributed by atoms with E-state index in [1.807, 2.05) is 0 Å². The maximum atomic E-state index is 8.76. The number of hydrogen-bond donors (Lipinski definition) is 3. The fourth-order valence-electron chi connectivity index (χ4n) is 3.74. The van der Waals surface area contributed by atoms with Gasteiger partial charge in [0.1, 0.15) is 0 Å². The third kappa shape index (κ3) is 11.3. The van der Waals surface area contributed by atoms with E-state index in [0.29, 0.717) is 0 Å². The Bertz CT molecular complexity index is 290. The quantitative estimate of drug-likeness (QED) is 0.476. The highest BCUT2D eigenvalue weighted by molar-refractivity contribution is 4.69. The molecule has 0 spiro atoms. The Morgan fingerprint density at radius 1 is 0.367 bits per heavy atom. The van der Waals surface area contributed by atoms with E-state index in [2.05, 4.69) is 50.2 Å². The van der Waals surface area contributed by atoms with Crippen molar-refractivity contribution in [1.29, 1.82) is 0 Å². The summed E-state index contributed by atoms with van der Waals surface area (Å²) in [6.45, 7) is 23.4. The Hall–Kier alpha value is -0.360. The maximum absolute atomic E-state index is 8.76. The molecule has 0 bridgehead atoms. The minimum atomic E-state index is 0.220. The van der Waals surface area contributed by atoms with Gasteiger partial charge >= 0.3 is 0 Å². The standard InChI is InChI=1S/3C7H16N2O/c3*1-2-8-3-5-9(7-10)6-4-8/h3*10H,2-7H2,1H3. The maximum Gasteiger partial charge on any atom is 0.0957 e. The first-order valence-electron chi connectivity index (χ1n) is 11.8. The molecule has 0 aliphatic carbocycles. The van der Waals surface area contributed by atoms with Gasteiger partial charge in [-0.25, -0.2) is 0 Å². The average Bonchev–Trinajstić information content (AvgIpc) is 2.85. The normalized spacial score (nSPS) is 23.4. The molecule has 3 saturated heterocycles. The minimum absolute atomic E-state index is 0.220. The number of hydrogen-bond acceptors (Lipinski definition) is 9. The molecular formula is C21H48N6O3. The molecule has 0 aromatic heterocycles. The lowest BCUT2D eigenvalue weighted by Crippen LogP contribution is -2.46. The molecule has 3 N–H and O–H groups in total. The van der Waals surface area contributed by atoms with E-state index in [4.69, 9.17) is 15.3 Å². The van der Waals surface area contributed by atoms with Crippen molar-refractivity contribution in [3.8, 4) is 0 Å². The van der Waals surface area contributed by atoms with Gasteiger partial charge in [-0.2, -0.15) is 0 Å². The summed E-state index contributed by atoms with van der Waals surface area (Å²) in [5.41, 5.74) is 0. The van der Waals surface area contributed by atoms with E-state index in [1.165, 1.54) is 0 Å². The molecule has 0 unspecified atom stereocenters. The summed E-state index contributed by atoms with van der Waals surface area (Å²) in [7, 11) is 0. The summed E-state index contributed by atoms with van der Waals surface area (Å²) in [6.07, 6.45) is 0. The van der Waals surface area contributed by atoms with Crippen LogP contribution in [0.4, 0.5) is 0 Å². The van der Waals surface area contributed by atoms with Crippen LogP contribution in [-0.4, -0.2) is 163 Å². The lowest BCUT2D eigenvalue weighted by Gasteiger charge is -2.32. The lowest BCUT2D eigenvalue weighted by molar-refractivity contribution is 0.0562. The van der Waals surface area contributed by atoms with E-state index >= 15 is 0 Å². The van der Waals surface area contributed by atoms with Gasteiger partial charge in [0.05, 0.1) is 20.2 Å². The Morgan fingerprint density at radius 2 is 0.533 bits per heavy atom. The number of aliphatic hydroxyl groups excluding tert-OH is 3. The molecule has 0 saturated carbocycles. The Morgan fingerprint density at radius 3 is 0.667 bits per heavy atom. The van der Waals surface area contributed by atoms with Gasteiger partial charge in [-0.3, -0.25) is 14.7 Å². The van der Waals surface area contributed by atoms with Crippen molar-refractivity contribution in [1.82, 2.24) is 29.4 Å². The molecule has 9 heteroatoms. The topological polar surface area (TPSA) is 80.1 Å². The SMILES string of the molecule is CCN1CCN(CO)CC1.CCN1CCN(CO)CC1.CCN1CCN(CO)CC1. The zero-order chi connectivity index (χ0) is 22.2. The Labute approximate surface area is 184 Å². The van der Waals surface area contributed by atoms with Crippen molar-refractivity contribution in [2.45, 2.75) is 20.8 Å². The third-order valence-electron chi connectivity index (χ3n) is 6.34. The highest BCUT2D eigenvalue weighted by Crippen LogP contribution is 2.00. The summed E-state index contributed by atoms with van der Waals surface area (Å²) < 4.78 is 0. The fourth-order valence-corrected chi connectivity index (χ4v) is 3.74. The van der Waals surface area contributed by atoms with Crippen molar-refractivity contribution < 1.29 is 15.3 Å². The number of likely N-dealkylation sites (N-methyl/N-ethyl adjacent to an activating group) is 3. The molecule has 9 nitrogen and oxygen atoms in total. The van der Waals surface area contributed by atoms with Crippen molar-refractivity contribution in [3.05, 3.63) is 0 Å². The summed E-state index contributed by atoms with van der Waals surface area (Å²) >= 11 is 0. The molecule has 0 aromatic carbocycles. The monoisotopic (exact) mass is 432 g/mol. The van der Waals surface area contributed by atoms with Crippen LogP contribution in [0.3, 0.4) is 0 Å². The van der Waals surface area contributed by atoms with E-state index in [1.54, 1.807) is 0 Å². The lowest BCUT2D eigenvalue weighted by atomic mass is 10.3. The van der Waals surface area contributed by atoms with Crippen LogP contribution in [0.25, 0.3) is 0 Å². The molecule has 3 aliphatic rings. The molecule has 3 aliphatic heterocycles. The zero-order valence-corrected chi connectivity index (χ0v) is 19.8. The molecule has 30 heavy (non-hydrogen) atoms. The first-order chi connectivity index (χ1) is 14.6. The predicted octanol–water partition coefficient (Wildman–Crippen LogP) is -1.28. The van der Waals surface area contributed by atoms with Gasteiger partial charge in [-0.15, -0.1) is 0 Å². The van der Waals surface area contributed by atoms with Crippen LogP contribution >= 0.6 is 0 Å². The van der Waals surface area contributed by atoms with Gasteiger partial charge in [0, 0.05) is 78.5 Å². The predicted molar refractivity (Wildman–Crippen MR) is 122 cm³/mol. The molecule has 0 radical (unpaired) electrons. The van der Waals surface area contributed by atoms with Gasteiger partial charge in [0.25, 0.3) is 0 Å². The van der Waals surface area contributed by atoms with E-state index in [-0.39, 0.29) is 20.2 Å². The smallest absolute Gasteiger partial charge is 0.0957 e. The molecule has 0 aromatic rings. The van der Waals surface area contributed by atoms with E-state index in [9.17, 15) is 0 Å². The van der Waals surface area contributed by atoms with E-state index < -0.39 is 0 Å². The molecule has 3 rings (SSSR count). The van der Waals surface area contributed by atoms with Gasteiger partial charge in [0.15, 0.2) is 0 Å². The number of aliphatic hydroxyl groups is 3. The second-order valence-corrected chi connectivity index (χ2v) is 8.08. The molecule has 0 atom stereocenters. The van der Waals surface area contributed by atoms with Crippen LogP contribution in [0, 0.1) is 0 Å². The molecule has 3 heterocycles. The minimum Gasteiger partial charge on any atom is -0.381 e. The van der Waals surface area contributed by atoms with Crippen LogP contribution in [0.5, 0.6) is 0 Å². The highest BCUT2D eigenvalue weighted by Gasteiger charge is 2.14. The van der Waals surface area contributed by atoms with Crippen molar-refractivity contribution >= 4 is 0 Å². The highest BCUT2D eigenvalue weighted by atomic mass is 16.3. The summed E-state index contributed by atoms with van der Waals surface area (Å²) in [6, 6.07) is 0. The van der Waals surface area contributed by atoms with Gasteiger partial charge < -0.3 is 30.0 Å². The van der Waals surface area contributed by atoms with Crippen molar-refractivity contribution in [2.24, 2.45) is 0 Å². The third-order valence-corrected chi connectivity index (χ3v) is 6.34. The number of piperazine rings is 3. The average molecular weight is 433 g/mol. The van der Waals surface area contributed by atoms with Crippen LogP contribution in [0.2, 0.25) is 0 Å². The van der Waals surface area contributed by atoms with Crippen molar-refractivity contribution in [2.75, 3.05) is 118 Å². The summed E-state index contributed by atoms with van der Waals surface area (Å²) in [5.74, 6) is 0. The van der Waals surface area contributed by atoms with Crippen LogP contribution in [-0.2, 0) is 0 Å². The first kappa shape index (κ1) is 27.7. The summed E-state index contributed by atoms with van der Waals surface area (Å²) in [4.78, 5) is 13.4. The van der Waals surface area contributed by atoms with Crippen LogP contribution < -0.4 is 0 Å². The molecule has 3 fully saturated rings. The summed E-state index contributed by atoms with van der Waals surface area (Å²) in [5, 5.41) is 26.3.